The average Bonchev–Trinajstić information content (AvgIpc) is 3.75. The first-order valence-corrected chi connectivity index (χ1v) is 19.2. The molecule has 3 fully saturated rings. The number of rotatable bonds is 19. The van der Waals surface area contributed by atoms with Gasteiger partial charge in [0.15, 0.2) is 0 Å². The molecule has 3 amide bonds. The molecule has 53 heavy (non-hydrogen) atoms. The lowest BCUT2D eigenvalue weighted by Gasteiger charge is -2.47. The Bertz CT molecular complexity index is 1470. The van der Waals surface area contributed by atoms with Gasteiger partial charge in [0.2, 0.25) is 17.7 Å². The molecule has 294 valence electrons. The molecule has 11 heteroatoms. The van der Waals surface area contributed by atoms with Gasteiger partial charge >= 0.3 is 5.97 Å². The highest BCUT2D eigenvalue weighted by molar-refractivity contribution is 5.98. The van der Waals surface area contributed by atoms with Crippen molar-refractivity contribution in [1.29, 1.82) is 0 Å². The second kappa shape index (κ2) is 17.3. The van der Waals surface area contributed by atoms with Gasteiger partial charge in [0.05, 0.1) is 43.2 Å². The van der Waals surface area contributed by atoms with Gasteiger partial charge in [0, 0.05) is 25.6 Å². The van der Waals surface area contributed by atoms with Gasteiger partial charge < -0.3 is 34.4 Å². The molecule has 2 N–H and O–H groups in total. The van der Waals surface area contributed by atoms with Crippen LogP contribution in [0.4, 0.5) is 0 Å². The summed E-state index contributed by atoms with van der Waals surface area (Å²) in [4.78, 5) is 61.1. The Morgan fingerprint density at radius 2 is 1.83 bits per heavy atom. The molecule has 2 bridgehead atoms. The van der Waals surface area contributed by atoms with E-state index in [1.807, 2.05) is 58.0 Å². The number of likely N-dealkylation sites (tertiary alicyclic amines) is 1. The highest BCUT2D eigenvalue weighted by atomic mass is 16.6. The molecule has 3 saturated heterocycles. The number of carbonyl (C=O) groups excluding carboxylic acids is 4. The molecule has 1 aromatic carbocycles. The van der Waals surface area contributed by atoms with Gasteiger partial charge in [-0.05, 0) is 56.4 Å². The molecule has 0 saturated carbocycles. The van der Waals surface area contributed by atoms with Gasteiger partial charge in [-0.3, -0.25) is 19.2 Å². The van der Waals surface area contributed by atoms with Crippen LogP contribution in [-0.2, 0) is 33.4 Å². The quantitative estimate of drug-likeness (QED) is 0.143. The van der Waals surface area contributed by atoms with E-state index in [1.165, 1.54) is 7.11 Å². The molecular weight excluding hydrogens is 674 g/mol. The number of nitrogens with one attached hydrogen (secondary N) is 1. The first-order chi connectivity index (χ1) is 25.0. The van der Waals surface area contributed by atoms with Crippen LogP contribution in [-0.4, -0.2) is 101 Å². The number of ether oxygens (including phenoxy) is 3. The highest BCUT2D eigenvalue weighted by Gasteiger charge is 2.76. The van der Waals surface area contributed by atoms with E-state index in [-0.39, 0.29) is 55.2 Å². The summed E-state index contributed by atoms with van der Waals surface area (Å²) in [6, 6.07) is 6.66. The van der Waals surface area contributed by atoms with Gasteiger partial charge in [-0.2, -0.15) is 0 Å². The number of carbonyl (C=O) groups is 4. The number of allylic oxidation sites excluding steroid dienone is 1. The number of aliphatic hydroxyl groups is 1. The number of hydrogen-bond donors (Lipinski definition) is 2. The number of aliphatic hydroxyl groups excluding tert-OH is 1. The number of esters is 1. The summed E-state index contributed by atoms with van der Waals surface area (Å²) >= 11 is 0. The fraction of sp³-hybridized carbons (Fsp3) is 0.667. The van der Waals surface area contributed by atoms with Crippen molar-refractivity contribution in [2.75, 3.05) is 26.9 Å². The number of nitrogens with zero attached hydrogens (tertiary/aromatic N) is 2. The van der Waals surface area contributed by atoms with Crippen molar-refractivity contribution in [2.24, 2.45) is 23.2 Å². The predicted octanol–water partition coefficient (Wildman–Crippen LogP) is 5.38. The molecule has 11 nitrogen and oxygen atoms in total. The molecule has 0 aliphatic carbocycles. The fourth-order valence-electron chi connectivity index (χ4n) is 9.24. The fourth-order valence-corrected chi connectivity index (χ4v) is 9.24. The van der Waals surface area contributed by atoms with Crippen LogP contribution in [0.15, 0.2) is 55.6 Å². The Balaban J connectivity index is 1.79. The number of fused-ring (bicyclic) bond motifs is 1. The van der Waals surface area contributed by atoms with Gasteiger partial charge in [0.25, 0.3) is 0 Å². The van der Waals surface area contributed by atoms with Crippen LogP contribution < -0.4 is 5.32 Å². The Morgan fingerprint density at radius 3 is 2.40 bits per heavy atom. The minimum atomic E-state index is -1.30. The summed E-state index contributed by atoms with van der Waals surface area (Å²) in [6.07, 6.45) is 4.64. The van der Waals surface area contributed by atoms with Crippen molar-refractivity contribution < 1.29 is 38.5 Å². The molecule has 3 aliphatic rings. The minimum Gasteiger partial charge on any atom is -0.455 e. The smallest absolute Gasteiger partial charge is 0.313 e. The molecule has 4 rings (SSSR count). The van der Waals surface area contributed by atoms with E-state index in [2.05, 4.69) is 39.2 Å². The van der Waals surface area contributed by atoms with Crippen LogP contribution in [0.3, 0.4) is 0 Å². The molecule has 3 aliphatic heterocycles. The highest BCUT2D eigenvalue weighted by Crippen LogP contribution is 2.60. The molecule has 1 aromatic rings. The normalized spacial score (nSPS) is 26.0. The maximum absolute atomic E-state index is 15.2. The van der Waals surface area contributed by atoms with E-state index in [1.54, 1.807) is 22.0 Å². The summed E-state index contributed by atoms with van der Waals surface area (Å²) < 4.78 is 18.6. The third-order valence-corrected chi connectivity index (χ3v) is 11.4. The third-order valence-electron chi connectivity index (χ3n) is 11.4. The van der Waals surface area contributed by atoms with Gasteiger partial charge in [0.1, 0.15) is 17.7 Å². The molecule has 0 radical (unpaired) electrons. The predicted molar refractivity (Wildman–Crippen MR) is 203 cm³/mol. The molecule has 1 spiro atoms. The van der Waals surface area contributed by atoms with E-state index < -0.39 is 59.3 Å². The zero-order valence-electron chi connectivity index (χ0n) is 33.1. The SMILES string of the molecule is C=CCCC(=O)N[C@H](COC)[C@H](OC(=O)[C@@H]1[C@H]2C(=O)N([C@@H](CO)[C@@H](C)CC)[C@H](C(=O)N(CC=C)C(C)(C)CC(C)(C)C)[C@]23CC[C@H]1O3)c1ccccc1. The van der Waals surface area contributed by atoms with Crippen LogP contribution in [0.1, 0.15) is 98.7 Å². The maximum atomic E-state index is 15.2. The Hall–Kier alpha value is -3.54. The lowest BCUT2D eigenvalue weighted by molar-refractivity contribution is -0.164. The van der Waals surface area contributed by atoms with Crippen molar-refractivity contribution in [1.82, 2.24) is 15.1 Å². The van der Waals surface area contributed by atoms with Crippen LogP contribution in [0.5, 0.6) is 0 Å². The molecule has 0 unspecified atom stereocenters. The van der Waals surface area contributed by atoms with Crippen molar-refractivity contribution in [3.8, 4) is 0 Å². The van der Waals surface area contributed by atoms with Crippen molar-refractivity contribution in [3.63, 3.8) is 0 Å². The first-order valence-electron chi connectivity index (χ1n) is 19.2. The summed E-state index contributed by atoms with van der Waals surface area (Å²) in [5, 5.41) is 13.8. The molecule has 3 heterocycles. The number of amides is 3. The largest absolute Gasteiger partial charge is 0.455 e. The van der Waals surface area contributed by atoms with E-state index in [0.717, 1.165) is 0 Å². The van der Waals surface area contributed by atoms with E-state index in [0.29, 0.717) is 37.7 Å². The van der Waals surface area contributed by atoms with Gasteiger partial charge in [-0.15, -0.1) is 13.2 Å². The van der Waals surface area contributed by atoms with Gasteiger partial charge in [-0.25, -0.2) is 0 Å². The number of hydrogen-bond acceptors (Lipinski definition) is 8. The zero-order valence-corrected chi connectivity index (χ0v) is 33.1. The first kappa shape index (κ1) is 42.2. The lowest BCUT2D eigenvalue weighted by atomic mass is 9.70. The molecular formula is C42H63N3O8. The van der Waals surface area contributed by atoms with Crippen molar-refractivity contribution >= 4 is 23.7 Å². The molecule has 9 atom stereocenters. The topological polar surface area (TPSA) is 135 Å². The van der Waals surface area contributed by atoms with Crippen molar-refractivity contribution in [3.05, 3.63) is 61.2 Å². The maximum Gasteiger partial charge on any atom is 0.313 e. The standard InChI is InChI=1S/C42H63N3O8/c1-11-14-20-32(47)43-29(25-51-10)35(28-18-16-15-17-19-28)52-39(50)33-31-21-22-42(53-31)34(33)37(48)45(30(24-46)27(4)13-3)36(42)38(49)44(23-12-2)41(8,9)26-40(5,6)7/h11-12,15-19,27,29-31,33-36,46H,1-2,13-14,20-26H2,3-10H3,(H,43,47)/t27-,29+,30-,31+,33-,34-,35+,36+,42-/m0/s1. The lowest BCUT2D eigenvalue weighted by Crippen LogP contribution is -2.63. The van der Waals surface area contributed by atoms with E-state index >= 15 is 4.79 Å². The van der Waals surface area contributed by atoms with E-state index in [4.69, 9.17) is 14.2 Å². The number of benzene rings is 1. The molecule has 0 aromatic heterocycles. The third kappa shape index (κ3) is 8.73. The van der Waals surface area contributed by atoms with Crippen LogP contribution in [0.25, 0.3) is 0 Å². The summed E-state index contributed by atoms with van der Waals surface area (Å²) in [7, 11) is 1.51. The van der Waals surface area contributed by atoms with Crippen LogP contribution >= 0.6 is 0 Å². The minimum absolute atomic E-state index is 0.0600. The summed E-state index contributed by atoms with van der Waals surface area (Å²) in [5.41, 5.74) is -1.38. The second-order valence-electron chi connectivity index (χ2n) is 16.9. The monoisotopic (exact) mass is 737 g/mol. The number of methoxy groups -OCH3 is 1. The average molecular weight is 738 g/mol. The summed E-state index contributed by atoms with van der Waals surface area (Å²) in [6.45, 7) is 22.0. The van der Waals surface area contributed by atoms with Crippen LogP contribution in [0, 0.1) is 23.2 Å². The Morgan fingerprint density at radius 1 is 1.15 bits per heavy atom. The van der Waals surface area contributed by atoms with Crippen molar-refractivity contribution in [2.45, 2.75) is 128 Å². The van der Waals surface area contributed by atoms with Crippen LogP contribution in [0.2, 0.25) is 0 Å². The summed E-state index contributed by atoms with van der Waals surface area (Å²) in [5.74, 6) is -3.70. The zero-order chi connectivity index (χ0) is 39.3. The van der Waals surface area contributed by atoms with E-state index in [9.17, 15) is 19.5 Å². The Kier molecular flexibility index (Phi) is 13.8. The van der Waals surface area contributed by atoms with Gasteiger partial charge in [-0.1, -0.05) is 83.5 Å². The Labute approximate surface area is 316 Å². The second-order valence-corrected chi connectivity index (χ2v) is 16.9.